The van der Waals surface area contributed by atoms with E-state index in [9.17, 15) is 0 Å². The molecule has 0 amide bonds. The van der Waals surface area contributed by atoms with Crippen molar-refractivity contribution >= 4 is 11.8 Å². The van der Waals surface area contributed by atoms with Crippen molar-refractivity contribution in [2.24, 2.45) is 0 Å². The largest absolute Gasteiger partial charge is 0.312 e. The maximum Gasteiger partial charge on any atom is 0.0409 e. The summed E-state index contributed by atoms with van der Waals surface area (Å²) in [5.74, 6) is 1.12. The van der Waals surface area contributed by atoms with Crippen LogP contribution < -0.4 is 5.32 Å². The van der Waals surface area contributed by atoms with Crippen LogP contribution in [0.5, 0.6) is 0 Å². The summed E-state index contributed by atoms with van der Waals surface area (Å²) in [6, 6.07) is 11.1. The third kappa shape index (κ3) is 4.72. The third-order valence-corrected chi connectivity index (χ3v) is 3.60. The van der Waals surface area contributed by atoms with Gasteiger partial charge in [0.2, 0.25) is 0 Å². The molecule has 0 aromatic heterocycles. The van der Waals surface area contributed by atoms with E-state index in [1.165, 1.54) is 5.56 Å². The zero-order valence-corrected chi connectivity index (χ0v) is 10.9. The topological polar surface area (TPSA) is 12.0 Å². The predicted octanol–water partition coefficient (Wildman–Crippen LogP) is 3.48. The Hall–Kier alpha value is -0.470. The summed E-state index contributed by atoms with van der Waals surface area (Å²) >= 11 is 2.00. The van der Waals surface area contributed by atoms with Crippen LogP contribution in [0.4, 0.5) is 0 Å². The minimum Gasteiger partial charge on any atom is -0.312 e. The molecular weight excluding hydrogens is 202 g/mol. The zero-order chi connectivity index (χ0) is 11.3. The summed E-state index contributed by atoms with van der Waals surface area (Å²) in [6.45, 7) is 6.78. The Balaban J connectivity index is 2.58. The molecule has 0 fully saturated rings. The number of hydrogen-bond acceptors (Lipinski definition) is 2. The van der Waals surface area contributed by atoms with Gasteiger partial charge >= 0.3 is 0 Å². The molecule has 0 heterocycles. The Morgan fingerprint density at radius 3 is 2.27 bits per heavy atom. The minimum atomic E-state index is 0.337. The van der Waals surface area contributed by atoms with E-state index in [2.05, 4.69) is 56.4 Å². The van der Waals surface area contributed by atoms with Crippen molar-refractivity contribution in [3.05, 3.63) is 35.9 Å². The van der Waals surface area contributed by atoms with Crippen LogP contribution in [0.1, 0.15) is 32.4 Å². The molecule has 1 unspecified atom stereocenters. The van der Waals surface area contributed by atoms with Gasteiger partial charge in [-0.15, -0.1) is 0 Å². The van der Waals surface area contributed by atoms with Crippen LogP contribution in [-0.4, -0.2) is 17.5 Å². The minimum absolute atomic E-state index is 0.337. The Bertz CT molecular complexity index is 276. The molecule has 1 atom stereocenters. The highest BCUT2D eigenvalue weighted by molar-refractivity contribution is 8.00. The molecule has 1 nitrogen and oxygen atoms in total. The average Bonchev–Trinajstić information content (AvgIpc) is 2.19. The summed E-state index contributed by atoms with van der Waals surface area (Å²) < 4.78 is 0.337. The summed E-state index contributed by atoms with van der Waals surface area (Å²) in [5.41, 5.74) is 1.37. The van der Waals surface area contributed by atoms with Gasteiger partial charge in [-0.3, -0.25) is 0 Å². The van der Waals surface area contributed by atoms with E-state index >= 15 is 0 Å². The van der Waals surface area contributed by atoms with Crippen LogP contribution in [0, 0.1) is 0 Å². The van der Waals surface area contributed by atoms with Crippen molar-refractivity contribution in [2.75, 3.05) is 12.8 Å². The SMILES string of the molecule is CNC(CSC(C)(C)C)c1ccccc1. The fourth-order valence-corrected chi connectivity index (χ4v) is 2.39. The van der Waals surface area contributed by atoms with Gasteiger partial charge in [0.15, 0.2) is 0 Å². The quantitative estimate of drug-likeness (QED) is 0.838. The molecule has 0 radical (unpaired) electrons. The standard InChI is InChI=1S/C13H21NS/c1-13(2,3)15-10-12(14-4)11-8-6-5-7-9-11/h5-9,12,14H,10H2,1-4H3. The van der Waals surface area contributed by atoms with Crippen molar-refractivity contribution in [1.82, 2.24) is 5.32 Å². The van der Waals surface area contributed by atoms with E-state index in [-0.39, 0.29) is 0 Å². The average molecular weight is 223 g/mol. The molecule has 0 saturated heterocycles. The number of hydrogen-bond donors (Lipinski definition) is 1. The Morgan fingerprint density at radius 1 is 1.20 bits per heavy atom. The first-order valence-electron chi connectivity index (χ1n) is 5.39. The van der Waals surface area contributed by atoms with Crippen LogP contribution >= 0.6 is 11.8 Å². The fourth-order valence-electron chi connectivity index (χ4n) is 1.36. The zero-order valence-electron chi connectivity index (χ0n) is 10.1. The highest BCUT2D eigenvalue weighted by Gasteiger charge is 2.15. The van der Waals surface area contributed by atoms with Gasteiger partial charge in [-0.05, 0) is 12.6 Å². The van der Waals surface area contributed by atoms with Crippen molar-refractivity contribution < 1.29 is 0 Å². The Kier molecular flexibility index (Phi) is 4.68. The Labute approximate surface area is 97.7 Å². The predicted molar refractivity (Wildman–Crippen MR) is 70.5 cm³/mol. The highest BCUT2D eigenvalue weighted by Crippen LogP contribution is 2.28. The van der Waals surface area contributed by atoms with E-state index in [1.807, 2.05) is 18.8 Å². The molecule has 1 rings (SSSR count). The smallest absolute Gasteiger partial charge is 0.0409 e. The van der Waals surface area contributed by atoms with Crippen LogP contribution in [0.25, 0.3) is 0 Å². The van der Waals surface area contributed by atoms with Gasteiger partial charge < -0.3 is 5.32 Å². The van der Waals surface area contributed by atoms with Crippen LogP contribution in [0.2, 0.25) is 0 Å². The lowest BCUT2D eigenvalue weighted by molar-refractivity contribution is 0.656. The van der Waals surface area contributed by atoms with Gasteiger partial charge in [-0.25, -0.2) is 0 Å². The Morgan fingerprint density at radius 2 is 1.80 bits per heavy atom. The summed E-state index contributed by atoms with van der Waals surface area (Å²) in [7, 11) is 2.03. The highest BCUT2D eigenvalue weighted by atomic mass is 32.2. The van der Waals surface area contributed by atoms with Gasteiger partial charge in [0.1, 0.15) is 0 Å². The van der Waals surface area contributed by atoms with Crippen LogP contribution in [0.3, 0.4) is 0 Å². The molecule has 0 spiro atoms. The summed E-state index contributed by atoms with van der Waals surface area (Å²) in [6.07, 6.45) is 0. The normalized spacial score (nSPS) is 13.9. The molecule has 0 aliphatic rings. The molecule has 2 heteroatoms. The second kappa shape index (κ2) is 5.57. The monoisotopic (exact) mass is 223 g/mol. The first-order chi connectivity index (χ1) is 7.03. The molecule has 0 saturated carbocycles. The first-order valence-corrected chi connectivity index (χ1v) is 6.37. The van der Waals surface area contributed by atoms with E-state index < -0.39 is 0 Å². The summed E-state index contributed by atoms with van der Waals surface area (Å²) in [5, 5.41) is 3.37. The van der Waals surface area contributed by atoms with E-state index in [4.69, 9.17) is 0 Å². The second-order valence-corrected chi connectivity index (χ2v) is 6.52. The lowest BCUT2D eigenvalue weighted by Crippen LogP contribution is -2.21. The molecule has 0 bridgehead atoms. The van der Waals surface area contributed by atoms with E-state index in [0.717, 1.165) is 5.75 Å². The summed E-state index contributed by atoms with van der Waals surface area (Å²) in [4.78, 5) is 0. The van der Waals surface area contributed by atoms with Gasteiger partial charge in [-0.2, -0.15) is 11.8 Å². The number of benzene rings is 1. The molecule has 1 aromatic rings. The fraction of sp³-hybridized carbons (Fsp3) is 0.538. The molecule has 15 heavy (non-hydrogen) atoms. The maximum absolute atomic E-state index is 3.37. The molecule has 84 valence electrons. The lowest BCUT2D eigenvalue weighted by atomic mass is 10.1. The molecule has 0 aliphatic carbocycles. The van der Waals surface area contributed by atoms with Crippen LogP contribution in [-0.2, 0) is 0 Å². The van der Waals surface area contributed by atoms with Gasteiger partial charge in [0.25, 0.3) is 0 Å². The molecular formula is C13H21NS. The molecule has 0 aliphatic heterocycles. The van der Waals surface area contributed by atoms with Gasteiger partial charge in [0.05, 0.1) is 0 Å². The van der Waals surface area contributed by atoms with Crippen molar-refractivity contribution in [2.45, 2.75) is 31.6 Å². The molecule has 1 N–H and O–H groups in total. The van der Waals surface area contributed by atoms with Gasteiger partial charge in [-0.1, -0.05) is 51.1 Å². The number of nitrogens with one attached hydrogen (secondary N) is 1. The first kappa shape index (κ1) is 12.6. The van der Waals surface area contributed by atoms with Crippen LogP contribution in [0.15, 0.2) is 30.3 Å². The number of rotatable bonds is 4. The van der Waals surface area contributed by atoms with E-state index in [1.54, 1.807) is 0 Å². The second-order valence-electron chi connectivity index (χ2n) is 4.68. The van der Waals surface area contributed by atoms with E-state index in [0.29, 0.717) is 10.8 Å². The lowest BCUT2D eigenvalue weighted by Gasteiger charge is -2.23. The molecule has 1 aromatic carbocycles. The third-order valence-electron chi connectivity index (χ3n) is 2.23. The van der Waals surface area contributed by atoms with Crippen molar-refractivity contribution in [1.29, 1.82) is 0 Å². The van der Waals surface area contributed by atoms with Crippen molar-refractivity contribution in [3.63, 3.8) is 0 Å². The van der Waals surface area contributed by atoms with Gasteiger partial charge in [0, 0.05) is 16.5 Å². The number of thioether (sulfide) groups is 1. The van der Waals surface area contributed by atoms with Crippen molar-refractivity contribution in [3.8, 4) is 0 Å². The maximum atomic E-state index is 3.37.